The number of thiazole rings is 1. The first-order valence-electron chi connectivity index (χ1n) is 13.3. The van der Waals surface area contributed by atoms with Gasteiger partial charge >= 0.3 is 0 Å². The summed E-state index contributed by atoms with van der Waals surface area (Å²) in [5, 5.41) is 13.5. The lowest BCUT2D eigenvalue weighted by Gasteiger charge is -2.19. The summed E-state index contributed by atoms with van der Waals surface area (Å²) in [5.41, 5.74) is 6.49. The summed E-state index contributed by atoms with van der Waals surface area (Å²) in [5.74, 6) is -0.400. The SMILES string of the molecule is CCc1cccc(CC)c1-n1c(-c2nc(C)cs2)nc(O)c(Cc2ccc(C3=C(C)C(C)=IC=C3)c(F)c2)c1=O. The lowest BCUT2D eigenvalue weighted by Crippen LogP contribution is -2.27. The maximum atomic E-state index is 15.4. The normalized spacial score (nSPS) is 13.4. The second-order valence-electron chi connectivity index (χ2n) is 9.77. The number of hydrogen-bond acceptors (Lipinski definition) is 5. The minimum Gasteiger partial charge on any atom is -0.493 e. The topological polar surface area (TPSA) is 68.0 Å². The van der Waals surface area contributed by atoms with Crippen molar-refractivity contribution >= 4 is 41.1 Å². The van der Waals surface area contributed by atoms with Crippen LogP contribution in [0, 0.1) is 12.7 Å². The van der Waals surface area contributed by atoms with Gasteiger partial charge in [0.25, 0.3) is 5.56 Å². The molecule has 5 nitrogen and oxygen atoms in total. The first kappa shape index (κ1) is 28.3. The van der Waals surface area contributed by atoms with Crippen LogP contribution in [-0.2, 0) is 19.3 Å². The Morgan fingerprint density at radius 2 is 1.77 bits per heavy atom. The summed E-state index contributed by atoms with van der Waals surface area (Å²) >= 11 is 1.24. The Morgan fingerprint density at radius 1 is 1.05 bits per heavy atom. The Bertz CT molecular complexity index is 1760. The third kappa shape index (κ3) is 5.26. The summed E-state index contributed by atoms with van der Waals surface area (Å²) in [6, 6.07) is 11.1. The number of rotatable bonds is 7. The van der Waals surface area contributed by atoms with Crippen LogP contribution in [-0.4, -0.2) is 23.2 Å². The van der Waals surface area contributed by atoms with Crippen molar-refractivity contribution in [2.24, 2.45) is 0 Å². The number of halogens is 2. The average molecular weight is 668 g/mol. The predicted molar refractivity (Wildman–Crippen MR) is 172 cm³/mol. The number of allylic oxidation sites excluding steroid dienone is 3. The first-order valence-corrected chi connectivity index (χ1v) is 16.5. The molecule has 4 aromatic rings. The van der Waals surface area contributed by atoms with Gasteiger partial charge in [0.15, 0.2) is 10.8 Å². The van der Waals surface area contributed by atoms with E-state index in [4.69, 9.17) is 0 Å². The number of aromatic nitrogens is 3. The van der Waals surface area contributed by atoms with Gasteiger partial charge in [-0.3, -0.25) is 9.36 Å². The molecule has 0 bridgehead atoms. The molecule has 40 heavy (non-hydrogen) atoms. The zero-order chi connectivity index (χ0) is 28.6. The van der Waals surface area contributed by atoms with Crippen molar-refractivity contribution in [3.05, 3.63) is 107 Å². The van der Waals surface area contributed by atoms with Crippen LogP contribution in [0.15, 0.2) is 62.3 Å². The molecule has 1 N–H and O–H groups in total. The van der Waals surface area contributed by atoms with E-state index in [2.05, 4.69) is 34.8 Å². The highest BCUT2D eigenvalue weighted by molar-refractivity contribution is 14.2. The van der Waals surface area contributed by atoms with Crippen molar-refractivity contribution in [2.75, 3.05) is 0 Å². The van der Waals surface area contributed by atoms with Crippen molar-refractivity contribution in [3.63, 3.8) is 0 Å². The average Bonchev–Trinajstić information content (AvgIpc) is 3.38. The number of aromatic hydroxyl groups is 1. The third-order valence-electron chi connectivity index (χ3n) is 7.24. The van der Waals surface area contributed by atoms with Gasteiger partial charge in [0.1, 0.15) is 5.82 Å². The van der Waals surface area contributed by atoms with E-state index in [1.807, 2.05) is 49.6 Å². The van der Waals surface area contributed by atoms with Crippen molar-refractivity contribution in [2.45, 2.75) is 53.9 Å². The molecule has 8 heteroatoms. The highest BCUT2D eigenvalue weighted by Gasteiger charge is 2.24. The van der Waals surface area contributed by atoms with Crippen LogP contribution in [0.4, 0.5) is 4.39 Å². The summed E-state index contributed by atoms with van der Waals surface area (Å²) in [4.78, 5) is 23.3. The molecular weight excluding hydrogens is 636 g/mol. The van der Waals surface area contributed by atoms with E-state index >= 15 is 4.39 Å². The lowest BCUT2D eigenvalue weighted by molar-refractivity contribution is 0.443. The molecule has 0 saturated carbocycles. The molecule has 0 amide bonds. The smallest absolute Gasteiger partial charge is 0.265 e. The predicted octanol–water partition coefficient (Wildman–Crippen LogP) is 7.69. The van der Waals surface area contributed by atoms with E-state index in [1.165, 1.54) is 20.9 Å². The molecule has 0 atom stereocenters. The summed E-state index contributed by atoms with van der Waals surface area (Å²) in [6.07, 6.45) is 3.50. The van der Waals surface area contributed by atoms with Crippen molar-refractivity contribution < 1.29 is 9.50 Å². The Kier molecular flexibility index (Phi) is 8.28. The van der Waals surface area contributed by atoms with Crippen molar-refractivity contribution in [1.82, 2.24) is 14.5 Å². The molecule has 0 aliphatic carbocycles. The molecule has 1 aliphatic heterocycles. The van der Waals surface area contributed by atoms with Gasteiger partial charge in [-0.2, -0.15) is 4.98 Å². The molecule has 0 unspecified atom stereocenters. The summed E-state index contributed by atoms with van der Waals surface area (Å²) in [6.45, 7) is 10.1. The van der Waals surface area contributed by atoms with Gasteiger partial charge in [-0.25, -0.2) is 9.37 Å². The Morgan fingerprint density at radius 3 is 2.40 bits per heavy atom. The molecule has 206 valence electrons. The van der Waals surface area contributed by atoms with Crippen LogP contribution in [0.5, 0.6) is 5.88 Å². The largest absolute Gasteiger partial charge is 0.493 e. The first-order chi connectivity index (χ1) is 19.2. The molecule has 0 radical (unpaired) electrons. The maximum Gasteiger partial charge on any atom is 0.265 e. The maximum absolute atomic E-state index is 15.4. The van der Waals surface area contributed by atoms with Crippen LogP contribution >= 0.6 is 32.1 Å². The lowest BCUT2D eigenvalue weighted by atomic mass is 9.96. The zero-order valence-electron chi connectivity index (χ0n) is 23.2. The van der Waals surface area contributed by atoms with E-state index in [-0.39, 0.29) is 50.0 Å². The standard InChI is InChI=1S/C32H31FIN3O2S/c1-6-22-9-8-10-23(7-2)28(22)37-29(31-35-18(3)17-40-31)36-30(38)26(32(37)39)15-21-11-12-25(27(33)16-21)24-13-14-34-20(5)19(24)4/h8-14,16-17,38H,6-7,15H2,1-5H3. The Balaban J connectivity index is 1.67. The van der Waals surface area contributed by atoms with E-state index in [0.29, 0.717) is 22.0 Å². The highest BCUT2D eigenvalue weighted by atomic mass is 127. The van der Waals surface area contributed by atoms with Crippen LogP contribution in [0.3, 0.4) is 0 Å². The van der Waals surface area contributed by atoms with Crippen LogP contribution in [0.2, 0.25) is 0 Å². The van der Waals surface area contributed by atoms with E-state index < -0.39 is 0 Å². The minimum absolute atomic E-state index is 0.0479. The van der Waals surface area contributed by atoms with Gasteiger partial charge in [0.05, 0.1) is 11.3 Å². The van der Waals surface area contributed by atoms with Gasteiger partial charge in [-0.1, -0.05) is 64.9 Å². The third-order valence-corrected chi connectivity index (χ3v) is 10.7. The quantitative estimate of drug-likeness (QED) is 0.205. The fourth-order valence-corrected chi connectivity index (χ4v) is 7.58. The molecule has 2 aromatic heterocycles. The number of para-hydroxylation sites is 1. The number of hydrogen-bond donors (Lipinski definition) is 1. The monoisotopic (exact) mass is 667 g/mol. The van der Waals surface area contributed by atoms with Gasteiger partial charge in [-0.05, 0) is 81.2 Å². The fourth-order valence-electron chi connectivity index (χ4n) is 4.97. The van der Waals surface area contributed by atoms with Gasteiger partial charge in [-0.15, -0.1) is 11.3 Å². The number of aryl methyl sites for hydroxylation is 3. The summed E-state index contributed by atoms with van der Waals surface area (Å²) < 4.78 is 20.5. The molecular formula is C32H31FIN3O2S. The molecule has 0 fully saturated rings. The van der Waals surface area contributed by atoms with Crippen LogP contribution in [0.25, 0.3) is 22.1 Å². The minimum atomic E-state index is -0.377. The molecule has 3 heterocycles. The van der Waals surface area contributed by atoms with Gasteiger partial charge in [0, 0.05) is 23.1 Å². The van der Waals surface area contributed by atoms with Gasteiger partial charge < -0.3 is 5.11 Å². The van der Waals surface area contributed by atoms with E-state index in [9.17, 15) is 9.90 Å². The Labute approximate surface area is 247 Å². The Hall–Kier alpha value is -3.24. The molecule has 0 spiro atoms. The highest BCUT2D eigenvalue weighted by Crippen LogP contribution is 2.33. The van der Waals surface area contributed by atoms with E-state index in [0.717, 1.165) is 46.5 Å². The second kappa shape index (κ2) is 11.7. The van der Waals surface area contributed by atoms with Crippen LogP contribution in [0.1, 0.15) is 61.2 Å². The molecule has 1 aliphatic rings. The van der Waals surface area contributed by atoms with E-state index in [1.54, 1.807) is 10.6 Å². The molecule has 0 saturated heterocycles. The van der Waals surface area contributed by atoms with Crippen molar-refractivity contribution in [3.8, 4) is 22.4 Å². The van der Waals surface area contributed by atoms with Crippen LogP contribution < -0.4 is 5.56 Å². The zero-order valence-corrected chi connectivity index (χ0v) is 26.2. The second-order valence-corrected chi connectivity index (χ2v) is 13.6. The van der Waals surface area contributed by atoms with Crippen molar-refractivity contribution in [1.29, 1.82) is 0 Å². The number of nitrogens with zero attached hydrogens (tertiary/aromatic N) is 3. The summed E-state index contributed by atoms with van der Waals surface area (Å²) in [7, 11) is 0. The molecule has 5 rings (SSSR count). The molecule has 2 aromatic carbocycles. The fraction of sp³-hybridized carbons (Fsp3) is 0.250. The number of benzene rings is 2. The van der Waals surface area contributed by atoms with Gasteiger partial charge in [0.2, 0.25) is 5.88 Å².